The van der Waals surface area contributed by atoms with E-state index in [9.17, 15) is 14.4 Å². The number of hydrogen-bond donors (Lipinski definition) is 2. The lowest BCUT2D eigenvalue weighted by molar-refractivity contribution is -0.150. The Morgan fingerprint density at radius 2 is 1.85 bits per heavy atom. The topological polar surface area (TPSA) is 86.7 Å². The molecule has 0 aromatic heterocycles. The summed E-state index contributed by atoms with van der Waals surface area (Å²) in [6, 6.07) is 7.13. The molecule has 0 spiro atoms. The molecule has 106 valence electrons. The molecule has 6 nitrogen and oxygen atoms in total. The van der Waals surface area contributed by atoms with Crippen LogP contribution in [0.2, 0.25) is 0 Å². The Hall–Kier alpha value is -2.37. The van der Waals surface area contributed by atoms with Gasteiger partial charge in [0, 0.05) is 24.7 Å². The van der Waals surface area contributed by atoms with E-state index in [4.69, 9.17) is 5.11 Å². The Labute approximate surface area is 116 Å². The van der Waals surface area contributed by atoms with Crippen molar-refractivity contribution in [2.24, 2.45) is 5.92 Å². The second kappa shape index (κ2) is 5.73. The van der Waals surface area contributed by atoms with Gasteiger partial charge in [0.2, 0.25) is 0 Å². The van der Waals surface area contributed by atoms with Gasteiger partial charge < -0.3 is 15.3 Å². The van der Waals surface area contributed by atoms with Gasteiger partial charge in [-0.05, 0) is 19.1 Å². The van der Waals surface area contributed by atoms with Crippen molar-refractivity contribution in [1.82, 2.24) is 4.90 Å². The van der Waals surface area contributed by atoms with Gasteiger partial charge in [-0.3, -0.25) is 14.4 Å². The lowest BCUT2D eigenvalue weighted by atomic mass is 9.96. The van der Waals surface area contributed by atoms with E-state index >= 15 is 0 Å². The van der Waals surface area contributed by atoms with Crippen LogP contribution in [0.25, 0.3) is 0 Å². The zero-order valence-corrected chi connectivity index (χ0v) is 11.1. The van der Waals surface area contributed by atoms with Crippen LogP contribution in [0.3, 0.4) is 0 Å². The monoisotopic (exact) mass is 276 g/mol. The number of carboxylic acids is 1. The van der Waals surface area contributed by atoms with Gasteiger partial charge in [0.1, 0.15) is 0 Å². The molecule has 1 aromatic carbocycles. The zero-order valence-electron chi connectivity index (χ0n) is 11.1. The molecule has 0 bridgehead atoms. The summed E-state index contributed by atoms with van der Waals surface area (Å²) < 4.78 is 0. The van der Waals surface area contributed by atoms with E-state index in [0.29, 0.717) is 18.8 Å². The number of benzene rings is 1. The van der Waals surface area contributed by atoms with Gasteiger partial charge in [-0.15, -0.1) is 0 Å². The number of likely N-dealkylation sites (tertiary alicyclic amines) is 1. The number of nitrogens with one attached hydrogen (secondary N) is 1. The third-order valence-electron chi connectivity index (χ3n) is 3.21. The molecule has 2 N–H and O–H groups in total. The number of carbonyl (C=O) groups excluding carboxylic acids is 2. The van der Waals surface area contributed by atoms with E-state index in [0.717, 1.165) is 5.56 Å². The van der Waals surface area contributed by atoms with E-state index in [2.05, 4.69) is 5.32 Å². The third kappa shape index (κ3) is 3.34. The van der Waals surface area contributed by atoms with Crippen molar-refractivity contribution in [2.75, 3.05) is 18.4 Å². The summed E-state index contributed by atoms with van der Waals surface area (Å²) in [4.78, 5) is 35.4. The normalized spacial score (nSPS) is 14.6. The second-order valence-corrected chi connectivity index (χ2v) is 4.99. The van der Waals surface area contributed by atoms with Crippen molar-refractivity contribution in [3.63, 3.8) is 0 Å². The first-order valence-electron chi connectivity index (χ1n) is 6.34. The van der Waals surface area contributed by atoms with E-state index in [1.54, 1.807) is 12.1 Å². The third-order valence-corrected chi connectivity index (χ3v) is 3.21. The zero-order chi connectivity index (χ0) is 14.7. The number of aryl methyl sites for hydroxylation is 1. The Morgan fingerprint density at radius 3 is 2.40 bits per heavy atom. The number of nitrogens with zero attached hydrogens (tertiary/aromatic N) is 1. The minimum Gasteiger partial charge on any atom is -0.481 e. The molecule has 1 aliphatic heterocycles. The summed E-state index contributed by atoms with van der Waals surface area (Å²) in [5, 5.41) is 11.1. The van der Waals surface area contributed by atoms with Crippen LogP contribution in [0.5, 0.6) is 0 Å². The van der Waals surface area contributed by atoms with Crippen molar-refractivity contribution >= 4 is 23.5 Å². The number of aliphatic carboxylic acids is 1. The largest absolute Gasteiger partial charge is 0.481 e. The molecule has 0 saturated carbocycles. The maximum atomic E-state index is 11.8. The summed E-state index contributed by atoms with van der Waals surface area (Å²) in [7, 11) is 0. The molecule has 1 heterocycles. The first-order valence-corrected chi connectivity index (χ1v) is 6.34. The molecule has 2 rings (SSSR count). The lowest BCUT2D eigenvalue weighted by Gasteiger charge is -2.37. The molecule has 0 aliphatic carbocycles. The molecule has 0 atom stereocenters. The number of hydrogen-bond acceptors (Lipinski definition) is 3. The van der Waals surface area contributed by atoms with E-state index in [1.807, 2.05) is 19.1 Å². The van der Waals surface area contributed by atoms with Crippen molar-refractivity contribution in [3.8, 4) is 0 Å². The highest BCUT2D eigenvalue weighted by atomic mass is 16.4. The molecule has 2 amide bonds. The van der Waals surface area contributed by atoms with Crippen LogP contribution in [0, 0.1) is 12.8 Å². The Morgan fingerprint density at radius 1 is 1.25 bits per heavy atom. The molecular weight excluding hydrogens is 260 g/mol. The van der Waals surface area contributed by atoms with Crippen molar-refractivity contribution in [1.29, 1.82) is 0 Å². The summed E-state index contributed by atoms with van der Waals surface area (Å²) in [5.74, 6) is -2.25. The van der Waals surface area contributed by atoms with Gasteiger partial charge >= 0.3 is 17.8 Å². The molecule has 1 aromatic rings. The number of carboxylic acid groups (broad SMARTS) is 1. The summed E-state index contributed by atoms with van der Waals surface area (Å²) in [5.41, 5.74) is 1.63. The van der Waals surface area contributed by atoms with Gasteiger partial charge in [-0.2, -0.15) is 0 Å². The van der Waals surface area contributed by atoms with Crippen molar-refractivity contribution in [2.45, 2.75) is 13.3 Å². The highest BCUT2D eigenvalue weighted by Gasteiger charge is 2.34. The van der Waals surface area contributed by atoms with Gasteiger partial charge in [0.25, 0.3) is 0 Å². The van der Waals surface area contributed by atoms with Crippen molar-refractivity contribution < 1.29 is 19.5 Å². The molecule has 0 radical (unpaired) electrons. The SMILES string of the molecule is Cc1ccc(NC(=O)C(=O)N2CC(CC(=O)O)C2)cc1. The summed E-state index contributed by atoms with van der Waals surface area (Å²) in [6.07, 6.45) is 0.0311. The van der Waals surface area contributed by atoms with Gasteiger partial charge in [-0.1, -0.05) is 17.7 Å². The van der Waals surface area contributed by atoms with Crippen molar-refractivity contribution in [3.05, 3.63) is 29.8 Å². The molecule has 20 heavy (non-hydrogen) atoms. The van der Waals surface area contributed by atoms with Crippen LogP contribution in [0.4, 0.5) is 5.69 Å². The molecule has 0 unspecified atom stereocenters. The predicted octanol–water partition coefficient (Wildman–Crippen LogP) is 0.867. The fourth-order valence-electron chi connectivity index (χ4n) is 2.08. The van der Waals surface area contributed by atoms with Gasteiger partial charge in [0.15, 0.2) is 0 Å². The Balaban J connectivity index is 1.83. The lowest BCUT2D eigenvalue weighted by Crippen LogP contribution is -2.53. The first kappa shape index (κ1) is 14.0. The summed E-state index contributed by atoms with van der Waals surface area (Å²) >= 11 is 0. The van der Waals surface area contributed by atoms with Crippen LogP contribution >= 0.6 is 0 Å². The number of anilines is 1. The van der Waals surface area contributed by atoms with E-state index in [-0.39, 0.29) is 12.3 Å². The van der Waals surface area contributed by atoms with Crippen LogP contribution in [-0.2, 0) is 14.4 Å². The van der Waals surface area contributed by atoms with E-state index in [1.165, 1.54) is 4.90 Å². The number of rotatable bonds is 3. The van der Waals surface area contributed by atoms with Crippen LogP contribution in [-0.4, -0.2) is 40.9 Å². The highest BCUT2D eigenvalue weighted by Crippen LogP contribution is 2.19. The Kier molecular flexibility index (Phi) is 4.02. The summed E-state index contributed by atoms with van der Waals surface area (Å²) in [6.45, 7) is 2.58. The molecular formula is C14H16N2O4. The average Bonchev–Trinajstić information content (AvgIpc) is 2.35. The smallest absolute Gasteiger partial charge is 0.313 e. The molecule has 1 saturated heterocycles. The van der Waals surface area contributed by atoms with Crippen LogP contribution in [0.15, 0.2) is 24.3 Å². The molecule has 6 heteroatoms. The quantitative estimate of drug-likeness (QED) is 0.802. The highest BCUT2D eigenvalue weighted by molar-refractivity contribution is 6.39. The average molecular weight is 276 g/mol. The first-order chi connectivity index (χ1) is 9.45. The fourth-order valence-corrected chi connectivity index (χ4v) is 2.08. The number of carbonyl (C=O) groups is 3. The van der Waals surface area contributed by atoms with Crippen LogP contribution in [0.1, 0.15) is 12.0 Å². The van der Waals surface area contributed by atoms with Gasteiger partial charge in [0.05, 0.1) is 6.42 Å². The maximum Gasteiger partial charge on any atom is 0.313 e. The number of amides is 2. The minimum atomic E-state index is -0.883. The molecule has 1 aliphatic rings. The minimum absolute atomic E-state index is 0.0311. The maximum absolute atomic E-state index is 11.8. The fraction of sp³-hybridized carbons (Fsp3) is 0.357. The standard InChI is InChI=1S/C14H16N2O4/c1-9-2-4-11(5-3-9)15-13(19)14(20)16-7-10(8-16)6-12(17)18/h2-5,10H,6-8H2,1H3,(H,15,19)(H,17,18). The Bertz CT molecular complexity index is 533. The van der Waals surface area contributed by atoms with Gasteiger partial charge in [-0.25, -0.2) is 0 Å². The molecule has 1 fully saturated rings. The van der Waals surface area contributed by atoms with Crippen LogP contribution < -0.4 is 5.32 Å². The van der Waals surface area contributed by atoms with E-state index < -0.39 is 17.8 Å². The second-order valence-electron chi connectivity index (χ2n) is 4.99. The predicted molar refractivity (Wildman–Crippen MR) is 72.1 cm³/mol.